The molecule has 0 bridgehead atoms. The number of carboxylic acid groups (broad SMARTS) is 3. The number of benzene rings is 9. The van der Waals surface area contributed by atoms with Gasteiger partial charge in [-0.05, 0) is 257 Å². The molecule has 0 atom stereocenters. The van der Waals surface area contributed by atoms with Gasteiger partial charge >= 0.3 is 17.9 Å². The number of ether oxygens (including phenoxy) is 2. The molecule has 132 heavy (non-hydrogen) atoms. The Hall–Kier alpha value is -12.1. The zero-order valence-electron chi connectivity index (χ0n) is 77.1. The van der Waals surface area contributed by atoms with Gasteiger partial charge in [-0.2, -0.15) is 0 Å². The molecule has 0 saturated carbocycles. The fourth-order valence-electron chi connectivity index (χ4n) is 16.8. The Kier molecular flexibility index (Phi) is 36.9. The molecule has 10 aromatic rings. The number of amides is 1. The third-order valence-corrected chi connectivity index (χ3v) is 28.4. The number of pyridine rings is 1. The number of sulfone groups is 2. The summed E-state index contributed by atoms with van der Waals surface area (Å²) in [5.41, 5.74) is 21.1. The highest BCUT2D eigenvalue weighted by Gasteiger charge is 2.39. The van der Waals surface area contributed by atoms with Crippen LogP contribution < -0.4 is 14.8 Å². The minimum absolute atomic E-state index is 0. The maximum Gasteiger partial charge on any atom is 0.335 e. The number of para-hydroxylation sites is 1. The van der Waals surface area contributed by atoms with E-state index in [1.165, 1.54) is 67.4 Å². The maximum atomic E-state index is 13.0. The van der Waals surface area contributed by atoms with Crippen molar-refractivity contribution in [3.8, 4) is 11.5 Å². The number of hydrogen-bond donors (Lipinski definition) is 4. The number of nitrogens with zero attached hydrogens (tertiary/aromatic N) is 1. The van der Waals surface area contributed by atoms with Crippen LogP contribution in [0.3, 0.4) is 0 Å². The number of hydrogen-bond acceptors (Lipinski definition) is 12. The Labute approximate surface area is 785 Å². The van der Waals surface area contributed by atoms with E-state index in [1.807, 2.05) is 136 Å². The predicted molar refractivity (Wildman–Crippen MR) is 543 cm³/mol. The van der Waals surface area contributed by atoms with Crippen molar-refractivity contribution in [2.45, 2.75) is 247 Å². The van der Waals surface area contributed by atoms with Gasteiger partial charge in [0.25, 0.3) is 5.91 Å². The number of unbranched alkanes of at least 4 members (excludes halogenated alkanes) is 8. The lowest BCUT2D eigenvalue weighted by Crippen LogP contribution is -2.30. The summed E-state index contributed by atoms with van der Waals surface area (Å²) in [5.74, 6) is -1.51. The number of allylic oxidation sites excluding steroid dienone is 8. The summed E-state index contributed by atoms with van der Waals surface area (Å²) in [4.78, 5) is 64.4. The first-order chi connectivity index (χ1) is 61.3. The topological polar surface area (TPSA) is 258 Å². The Morgan fingerprint density at radius 2 is 0.955 bits per heavy atom. The SMILES string of the molecule is C.C.C.CC1(C)CC=C(c2ccccc2)c2cc(C(=O)Cc3ccc(C(=O)O)cc3)ccc21.CCCCCCCOc1cc2c(cc1/C(C)=C/C=C/C(C)=C/C(=O)O)C(C)(C)CCS2(=O)=O.CCCCCCCOc1cc2c(cc1/C(C)=C/c1ccc(C(=O)O)cc1)C(C)(C)CCS2(=O)=O.Cc1ccc(NC(=O)c2ccc3c(c2)C(c2cnc4ccccc4c2)=CCC3(C)C)cc1. The van der Waals surface area contributed by atoms with E-state index in [2.05, 4.69) is 128 Å². The molecule has 0 radical (unpaired) electrons. The Balaban J connectivity index is 0.000000215. The molecular weight excluding hydrogens is 1690 g/mol. The largest absolute Gasteiger partial charge is 0.493 e. The summed E-state index contributed by atoms with van der Waals surface area (Å²) >= 11 is 0. The molecule has 2 aliphatic carbocycles. The van der Waals surface area contributed by atoms with Crippen LogP contribution in [0.25, 0.3) is 39.3 Å². The highest BCUT2D eigenvalue weighted by Crippen LogP contribution is 2.48. The standard InChI is InChI=1S/C29H26N2O.C28H36O5S.C27H38O5S.C27H24O3.3CH4/c1-19-8-11-23(12-9-19)31-28(32)21-10-13-26-25(17-21)24(14-15-29(26,2)3)22-16-20-6-4-5-7-27(20)30-18-22;1-5-6-7-8-9-15-33-25-19-26-24(28(3,4)14-16-34(26,31)32)18-23(25)20(2)17-21-10-12-22(13-11-21)27(29)30;1-6-7-8-9-10-15-32-24-19-25-23(27(4,5)14-16-33(25,30)31)18-22(24)21(3)13-11-12-20(2)17-26(28)29;1-27(2)15-14-22(19-6-4-3-5-7-19)23-17-21(12-13-24(23)27)25(28)16-18-8-10-20(11-9-18)26(29)30;;;/h4-14,16-18H,15H2,1-3H3,(H,31,32);10-13,17-19H,5-9,14-16H2,1-4H3,(H,29,30);11-13,17-19H,6-10,14-16H2,1-5H3,(H,28,29);3-14,17H,15-16H2,1-2H3,(H,29,30);3*1H4/b;20-17+;12-11+,20-17+,21-13+;;;;. The van der Waals surface area contributed by atoms with Gasteiger partial charge in [-0.3, -0.25) is 14.6 Å². The highest BCUT2D eigenvalue weighted by molar-refractivity contribution is 7.91. The van der Waals surface area contributed by atoms with Crippen LogP contribution in [0.1, 0.15) is 316 Å². The number of aromatic carboxylic acids is 2. The fourth-order valence-corrected chi connectivity index (χ4v) is 20.7. The van der Waals surface area contributed by atoms with E-state index in [-0.39, 0.29) is 84.7 Å². The number of aromatic nitrogens is 1. The van der Waals surface area contributed by atoms with Crippen LogP contribution in [0.5, 0.6) is 11.5 Å². The monoisotopic (exact) mass is 1820 g/mol. The van der Waals surface area contributed by atoms with Gasteiger partial charge in [-0.1, -0.05) is 288 Å². The van der Waals surface area contributed by atoms with E-state index in [1.54, 1.807) is 67.6 Å². The van der Waals surface area contributed by atoms with Gasteiger partial charge < -0.3 is 30.1 Å². The van der Waals surface area contributed by atoms with Gasteiger partial charge in [0.15, 0.2) is 25.5 Å². The Morgan fingerprint density at radius 1 is 0.485 bits per heavy atom. The van der Waals surface area contributed by atoms with E-state index in [0.29, 0.717) is 64.0 Å². The third kappa shape index (κ3) is 27.1. The first-order valence-corrected chi connectivity index (χ1v) is 48.3. The normalized spacial score (nSPS) is 15.5. The number of aliphatic carboxylic acids is 1. The molecule has 2 aliphatic heterocycles. The molecule has 0 spiro atoms. The van der Waals surface area contributed by atoms with Crippen LogP contribution in [0, 0.1) is 6.92 Å². The molecule has 4 aliphatic rings. The lowest BCUT2D eigenvalue weighted by Gasteiger charge is -2.33. The van der Waals surface area contributed by atoms with Crippen LogP contribution in [-0.2, 0) is 52.5 Å². The smallest absolute Gasteiger partial charge is 0.335 e. The van der Waals surface area contributed by atoms with Crippen molar-refractivity contribution in [1.29, 1.82) is 0 Å². The van der Waals surface area contributed by atoms with Crippen molar-refractivity contribution in [2.24, 2.45) is 0 Å². The van der Waals surface area contributed by atoms with Crippen molar-refractivity contribution < 1.29 is 65.6 Å². The van der Waals surface area contributed by atoms with Crippen molar-refractivity contribution in [2.75, 3.05) is 30.0 Å². The molecule has 1 amide bonds. The van der Waals surface area contributed by atoms with E-state index in [0.717, 1.165) is 139 Å². The second-order valence-electron chi connectivity index (χ2n) is 36.9. The number of fused-ring (bicyclic) bond motifs is 5. The number of Topliss-reactive ketones (excluding diaryl/α,β-unsaturated/α-hetero) is 1. The molecule has 9 aromatic carbocycles. The molecule has 3 heterocycles. The minimum Gasteiger partial charge on any atom is -0.493 e. The average molecular weight is 1820 g/mol. The van der Waals surface area contributed by atoms with Crippen molar-refractivity contribution in [3.63, 3.8) is 0 Å². The number of rotatable bonds is 29. The molecule has 0 fully saturated rings. The van der Waals surface area contributed by atoms with Gasteiger partial charge in [0.1, 0.15) is 11.5 Å². The lowest BCUT2D eigenvalue weighted by molar-refractivity contribution is -0.131. The summed E-state index contributed by atoms with van der Waals surface area (Å²) in [5, 5.41) is 31.2. The van der Waals surface area contributed by atoms with Crippen LogP contribution in [0.4, 0.5) is 5.69 Å². The van der Waals surface area contributed by atoms with E-state index in [9.17, 15) is 40.8 Å². The Bertz CT molecular complexity index is 6220. The van der Waals surface area contributed by atoms with E-state index < -0.39 is 37.6 Å². The zero-order valence-corrected chi connectivity index (χ0v) is 78.8. The average Bonchev–Trinajstić information content (AvgIpc) is 0.741. The molecule has 0 unspecified atom stereocenters. The number of aryl methyl sites for hydroxylation is 1. The summed E-state index contributed by atoms with van der Waals surface area (Å²) < 4.78 is 63.8. The molecule has 18 heteroatoms. The number of nitrogens with one attached hydrogen (secondary N) is 1. The van der Waals surface area contributed by atoms with Crippen LogP contribution in [0.15, 0.2) is 252 Å². The number of carbonyl (C=O) groups is 5. The van der Waals surface area contributed by atoms with Crippen molar-refractivity contribution in [3.05, 3.63) is 337 Å². The van der Waals surface area contributed by atoms with E-state index >= 15 is 0 Å². The summed E-state index contributed by atoms with van der Waals surface area (Å²) in [6, 6.07) is 61.2. The summed E-state index contributed by atoms with van der Waals surface area (Å²) in [7, 11) is -6.68. The van der Waals surface area contributed by atoms with Crippen LogP contribution in [0.2, 0.25) is 0 Å². The summed E-state index contributed by atoms with van der Waals surface area (Å²) in [6.07, 6.45) is 29.5. The van der Waals surface area contributed by atoms with Gasteiger partial charge in [0.2, 0.25) is 0 Å². The third-order valence-electron chi connectivity index (χ3n) is 24.9. The molecule has 698 valence electrons. The molecule has 16 nitrogen and oxygen atoms in total. The lowest BCUT2D eigenvalue weighted by atomic mass is 9.71. The molecule has 1 aromatic heterocycles. The van der Waals surface area contributed by atoms with Gasteiger partial charge in [0, 0.05) is 57.6 Å². The van der Waals surface area contributed by atoms with E-state index in [4.69, 9.17) is 24.8 Å². The zero-order chi connectivity index (χ0) is 93.2. The second-order valence-corrected chi connectivity index (χ2v) is 41.1. The maximum absolute atomic E-state index is 13.0. The number of carbonyl (C=O) groups excluding carboxylic acids is 2. The highest BCUT2D eigenvalue weighted by atomic mass is 32.2. The predicted octanol–water partition coefficient (Wildman–Crippen LogP) is 28.0. The number of ketones is 1. The minimum atomic E-state index is -3.35. The van der Waals surface area contributed by atoms with Crippen LogP contribution >= 0.6 is 0 Å². The quantitative estimate of drug-likeness (QED) is 0.0112. The number of anilines is 1. The van der Waals surface area contributed by atoms with Crippen molar-refractivity contribution >= 4 is 94.2 Å². The van der Waals surface area contributed by atoms with Crippen LogP contribution in [-0.4, -0.2) is 91.5 Å². The molecule has 4 N–H and O–H groups in total. The first kappa shape index (κ1) is 105. The fraction of sp³-hybridized carbons (Fsp3) is 0.351. The van der Waals surface area contributed by atoms with Gasteiger partial charge in [0.05, 0.1) is 51.2 Å². The summed E-state index contributed by atoms with van der Waals surface area (Å²) in [6.45, 7) is 30.5. The van der Waals surface area contributed by atoms with Gasteiger partial charge in [-0.15, -0.1) is 0 Å². The number of carboxylic acids is 3. The Morgan fingerprint density at radius 3 is 1.47 bits per heavy atom. The molecule has 14 rings (SSSR count). The van der Waals surface area contributed by atoms with Crippen molar-refractivity contribution in [1.82, 2.24) is 4.98 Å². The molecule has 0 saturated heterocycles. The first-order valence-electron chi connectivity index (χ1n) is 45.0. The molecular formula is C114H136N2O14S2. The second kappa shape index (κ2) is 46.3. The van der Waals surface area contributed by atoms with Gasteiger partial charge in [-0.25, -0.2) is 31.2 Å².